The van der Waals surface area contributed by atoms with E-state index in [0.29, 0.717) is 0 Å². The van der Waals surface area contributed by atoms with Gasteiger partial charge in [0.15, 0.2) is 0 Å². The largest absolute Gasteiger partial charge is 0.316 e. The fourth-order valence-corrected chi connectivity index (χ4v) is 3.61. The Hall–Kier alpha value is 0.250. The number of hydrogen-bond acceptors (Lipinski definition) is 1. The first-order valence-electron chi connectivity index (χ1n) is 5.62. The fraction of sp³-hybridized carbons (Fsp3) is 1.00. The van der Waals surface area contributed by atoms with Crippen LogP contribution >= 0.6 is 12.4 Å². The van der Waals surface area contributed by atoms with Crippen LogP contribution in [0.1, 0.15) is 32.1 Å². The summed E-state index contributed by atoms with van der Waals surface area (Å²) < 4.78 is 0. The molecule has 3 atom stereocenters. The van der Waals surface area contributed by atoms with Crippen LogP contribution in [-0.2, 0) is 0 Å². The second kappa shape index (κ2) is 3.78. The third kappa shape index (κ3) is 1.73. The summed E-state index contributed by atoms with van der Waals surface area (Å²) in [6.07, 6.45) is 7.85. The Balaban J connectivity index is 0.000000653. The summed E-state index contributed by atoms with van der Waals surface area (Å²) in [5.74, 6) is 4.48. The van der Waals surface area contributed by atoms with Crippen LogP contribution in [0.2, 0.25) is 0 Å². The maximum atomic E-state index is 3.38. The highest BCUT2D eigenvalue weighted by molar-refractivity contribution is 5.85. The van der Waals surface area contributed by atoms with Crippen LogP contribution in [0, 0.1) is 23.7 Å². The van der Waals surface area contributed by atoms with Gasteiger partial charge in [0.1, 0.15) is 0 Å². The summed E-state index contributed by atoms with van der Waals surface area (Å²) in [4.78, 5) is 0. The number of rotatable bonds is 2. The van der Waals surface area contributed by atoms with Crippen molar-refractivity contribution in [1.29, 1.82) is 0 Å². The molecule has 1 heterocycles. The van der Waals surface area contributed by atoms with Crippen molar-refractivity contribution in [3.8, 4) is 0 Å². The van der Waals surface area contributed by atoms with E-state index in [1.54, 1.807) is 32.1 Å². The van der Waals surface area contributed by atoms with Crippen molar-refractivity contribution in [3.05, 3.63) is 0 Å². The van der Waals surface area contributed by atoms with Gasteiger partial charge in [0.05, 0.1) is 0 Å². The van der Waals surface area contributed by atoms with E-state index in [-0.39, 0.29) is 12.4 Å². The first-order valence-corrected chi connectivity index (χ1v) is 5.62. The van der Waals surface area contributed by atoms with E-state index < -0.39 is 0 Å². The molecule has 0 radical (unpaired) electrons. The molecule has 3 aliphatic rings. The summed E-state index contributed by atoms with van der Waals surface area (Å²) >= 11 is 0. The van der Waals surface area contributed by atoms with Crippen molar-refractivity contribution in [2.24, 2.45) is 23.7 Å². The van der Waals surface area contributed by atoms with E-state index in [2.05, 4.69) is 5.32 Å². The van der Waals surface area contributed by atoms with Gasteiger partial charge in [-0.05, 0) is 62.4 Å². The van der Waals surface area contributed by atoms with Gasteiger partial charge in [0.25, 0.3) is 0 Å². The molecule has 1 aliphatic heterocycles. The number of hydrogen-bond donors (Lipinski definition) is 1. The van der Waals surface area contributed by atoms with Gasteiger partial charge in [-0.15, -0.1) is 12.4 Å². The van der Waals surface area contributed by atoms with Crippen LogP contribution in [0.5, 0.6) is 0 Å². The van der Waals surface area contributed by atoms with E-state index in [9.17, 15) is 0 Å². The molecule has 3 fully saturated rings. The molecule has 1 nitrogen and oxygen atoms in total. The predicted molar refractivity (Wildman–Crippen MR) is 57.2 cm³/mol. The Morgan fingerprint density at radius 1 is 1.08 bits per heavy atom. The zero-order valence-corrected chi connectivity index (χ0v) is 8.98. The maximum absolute atomic E-state index is 3.38. The number of fused-ring (bicyclic) bond motifs is 2. The van der Waals surface area contributed by atoms with Crippen molar-refractivity contribution >= 4 is 12.4 Å². The van der Waals surface area contributed by atoms with Gasteiger partial charge in [-0.1, -0.05) is 6.42 Å². The molecule has 0 amide bonds. The molecule has 3 rings (SSSR count). The minimum atomic E-state index is 0. The van der Waals surface area contributed by atoms with Crippen molar-refractivity contribution in [1.82, 2.24) is 5.32 Å². The van der Waals surface area contributed by atoms with Gasteiger partial charge >= 0.3 is 0 Å². The van der Waals surface area contributed by atoms with Crippen LogP contribution in [0.4, 0.5) is 0 Å². The van der Waals surface area contributed by atoms with E-state index >= 15 is 0 Å². The number of nitrogens with one attached hydrogen (secondary N) is 1. The SMILES string of the molecule is C1CC2CC1CC2CC1CNC1.Cl. The lowest BCUT2D eigenvalue weighted by molar-refractivity contribution is 0.221. The molecule has 1 saturated heterocycles. The lowest BCUT2D eigenvalue weighted by Gasteiger charge is -2.32. The highest BCUT2D eigenvalue weighted by Crippen LogP contribution is 2.50. The topological polar surface area (TPSA) is 12.0 Å². The monoisotopic (exact) mass is 201 g/mol. The predicted octanol–water partition coefficient (Wildman–Crippen LogP) is 2.45. The molecular weight excluding hydrogens is 182 g/mol. The molecule has 13 heavy (non-hydrogen) atoms. The van der Waals surface area contributed by atoms with Crippen molar-refractivity contribution in [2.75, 3.05) is 13.1 Å². The smallest absolute Gasteiger partial charge is 0.000815 e. The highest BCUT2D eigenvalue weighted by Gasteiger charge is 2.40. The zero-order valence-electron chi connectivity index (χ0n) is 8.17. The second-order valence-corrected chi connectivity index (χ2v) is 5.19. The Morgan fingerprint density at radius 2 is 1.92 bits per heavy atom. The molecule has 2 bridgehead atoms. The Morgan fingerprint density at radius 3 is 2.38 bits per heavy atom. The molecule has 2 saturated carbocycles. The van der Waals surface area contributed by atoms with E-state index in [0.717, 1.165) is 23.7 Å². The molecule has 0 spiro atoms. The molecule has 2 aliphatic carbocycles. The second-order valence-electron chi connectivity index (χ2n) is 5.19. The molecule has 0 aromatic carbocycles. The zero-order chi connectivity index (χ0) is 7.97. The fourth-order valence-electron chi connectivity index (χ4n) is 3.61. The molecular formula is C11H20ClN. The summed E-state index contributed by atoms with van der Waals surface area (Å²) in [6.45, 7) is 2.63. The Bertz CT molecular complexity index is 179. The van der Waals surface area contributed by atoms with E-state index in [1.807, 2.05) is 0 Å². The Kier molecular flexibility index (Phi) is 2.85. The number of halogens is 1. The quantitative estimate of drug-likeness (QED) is 0.724. The highest BCUT2D eigenvalue weighted by atomic mass is 35.5. The summed E-state index contributed by atoms with van der Waals surface area (Å²) in [6, 6.07) is 0. The van der Waals surface area contributed by atoms with Crippen LogP contribution in [-0.4, -0.2) is 13.1 Å². The standard InChI is InChI=1S/C11H19N.ClH/c1-2-10-3-8(1)4-11(10)5-9-6-12-7-9;/h8-12H,1-7H2;1H. The summed E-state index contributed by atoms with van der Waals surface area (Å²) in [7, 11) is 0. The van der Waals surface area contributed by atoms with Gasteiger partial charge < -0.3 is 5.32 Å². The third-order valence-electron chi connectivity index (χ3n) is 4.39. The summed E-state index contributed by atoms with van der Waals surface area (Å²) in [5.41, 5.74) is 0. The normalized spacial score (nSPS) is 42.9. The van der Waals surface area contributed by atoms with Crippen molar-refractivity contribution in [3.63, 3.8) is 0 Å². The third-order valence-corrected chi connectivity index (χ3v) is 4.39. The minimum absolute atomic E-state index is 0. The molecule has 1 N–H and O–H groups in total. The molecule has 0 aromatic rings. The van der Waals surface area contributed by atoms with Gasteiger partial charge in [0, 0.05) is 0 Å². The molecule has 2 heteroatoms. The van der Waals surface area contributed by atoms with Crippen LogP contribution in [0.15, 0.2) is 0 Å². The van der Waals surface area contributed by atoms with Crippen LogP contribution in [0.25, 0.3) is 0 Å². The van der Waals surface area contributed by atoms with E-state index in [1.165, 1.54) is 13.1 Å². The van der Waals surface area contributed by atoms with Crippen LogP contribution in [0.3, 0.4) is 0 Å². The van der Waals surface area contributed by atoms with E-state index in [4.69, 9.17) is 0 Å². The van der Waals surface area contributed by atoms with Crippen molar-refractivity contribution in [2.45, 2.75) is 32.1 Å². The average Bonchev–Trinajstić information content (AvgIpc) is 2.56. The average molecular weight is 202 g/mol. The van der Waals surface area contributed by atoms with Gasteiger partial charge in [-0.2, -0.15) is 0 Å². The first-order chi connectivity index (χ1) is 5.92. The lowest BCUT2D eigenvalue weighted by atomic mass is 9.80. The van der Waals surface area contributed by atoms with Gasteiger partial charge in [-0.3, -0.25) is 0 Å². The molecule has 0 aromatic heterocycles. The minimum Gasteiger partial charge on any atom is -0.316 e. The molecule has 3 unspecified atom stereocenters. The Labute approximate surface area is 87.1 Å². The van der Waals surface area contributed by atoms with Gasteiger partial charge in [-0.25, -0.2) is 0 Å². The maximum Gasteiger partial charge on any atom is -0.000815 e. The lowest BCUT2D eigenvalue weighted by Crippen LogP contribution is -2.43. The van der Waals surface area contributed by atoms with Crippen molar-refractivity contribution < 1.29 is 0 Å². The molecule has 76 valence electrons. The van der Waals surface area contributed by atoms with Gasteiger partial charge in [0.2, 0.25) is 0 Å². The first kappa shape index (κ1) is 9.79. The van der Waals surface area contributed by atoms with Crippen LogP contribution < -0.4 is 5.32 Å². The summed E-state index contributed by atoms with van der Waals surface area (Å²) in [5, 5.41) is 3.38.